The van der Waals surface area contributed by atoms with Crippen molar-refractivity contribution in [3.8, 4) is 6.07 Å². The fourth-order valence-corrected chi connectivity index (χ4v) is 11.0. The number of hydrogen-bond acceptors (Lipinski definition) is 19. The number of fused-ring (bicyclic) bond motifs is 2. The van der Waals surface area contributed by atoms with Crippen LogP contribution in [0.15, 0.2) is 86.0 Å². The molecule has 0 aliphatic carbocycles. The maximum Gasteiger partial charge on any atom is 0.695 e. The lowest BCUT2D eigenvalue weighted by Gasteiger charge is -2.34. The minimum atomic E-state index is -4.16. The van der Waals surface area contributed by atoms with Crippen LogP contribution in [-0.2, 0) is 48.4 Å². The van der Waals surface area contributed by atoms with Gasteiger partial charge in [0.15, 0.2) is 58.7 Å². The Morgan fingerprint density at radius 1 is 0.857 bits per heavy atom. The second kappa shape index (κ2) is 21.9. The molecule has 1 radical (unpaired) electrons. The zero-order valence-electron chi connectivity index (χ0n) is 37.7. The van der Waals surface area contributed by atoms with E-state index in [1.165, 1.54) is 28.1 Å². The summed E-state index contributed by atoms with van der Waals surface area (Å²) in [5.74, 6) is -0.821. The Morgan fingerprint density at radius 3 is 1.91 bits per heavy atom. The summed E-state index contributed by atoms with van der Waals surface area (Å²) in [4.78, 5) is 62.0. The molecular formula is C42H46FN11O12P2SSi+. The van der Waals surface area contributed by atoms with Crippen LogP contribution in [0.4, 0.5) is 16.0 Å². The van der Waals surface area contributed by atoms with Crippen LogP contribution in [-0.4, -0.2) is 126 Å². The van der Waals surface area contributed by atoms with Crippen molar-refractivity contribution < 1.29 is 60.5 Å². The van der Waals surface area contributed by atoms with Gasteiger partial charge in [0.1, 0.15) is 37.1 Å². The van der Waals surface area contributed by atoms with Crippen molar-refractivity contribution in [2.75, 3.05) is 30.5 Å². The van der Waals surface area contributed by atoms with Crippen LogP contribution in [0, 0.1) is 11.3 Å². The number of nitriles is 1. The van der Waals surface area contributed by atoms with Crippen molar-refractivity contribution in [1.29, 1.82) is 5.26 Å². The molecule has 0 spiro atoms. The van der Waals surface area contributed by atoms with Gasteiger partial charge in [-0.3, -0.25) is 23.2 Å². The highest BCUT2D eigenvalue weighted by atomic mass is 32.5. The largest absolute Gasteiger partial charge is 0.695 e. The number of aliphatic hydroxyl groups excluding tert-OH is 1. The third-order valence-corrected chi connectivity index (χ3v) is 16.7. The third kappa shape index (κ3) is 11.2. The SMILES string of the molecule is C[Si](O[C@H]1[C@@H](OP(=S)(OCCC#N)OC[C@H]2O[C@@H](n3cnc4c(NC(=O)c5ccccc5)ncnc43)[C@H](F)[C@@H]2O[P+](=O)O)[C@H](n2cnc3c(NC(=O)c4ccccc4)ncnc32)O[C@@H]1CO)C(C)(C)C. The molecule has 6 heterocycles. The Balaban J connectivity index is 1.09. The standard InChI is InChI=1S/C42H45FN11O12P2SSi/c1-42(2,3)70(4)66-32-26(18-55)62-41(54-23-50-30-35(46-21-48-37(30)54)52-39(57)25-14-9-6-10-15-25)33(32)65-68(69,60-17-11-16-44)61-19-27-31(64-67(58)59)28(43)40(63-27)53-22-49-29-34(45-20-47-36(29)53)51-38(56)24-12-7-5-8-13-24/h5-10,12-15,20-23,26-28,31-33,40-41,55H,11,17-19H2,1-4H3,(H2-,45,46,47,48,51,52,56,57,58,59)/p+1/t26-,27-,28-,31-,32-,33-,40-,41-,68?/m1/s1. The number of aromatic nitrogens is 8. The molecule has 70 heavy (non-hydrogen) atoms. The van der Waals surface area contributed by atoms with Gasteiger partial charge in [0, 0.05) is 15.7 Å². The zero-order chi connectivity index (χ0) is 49.7. The average Bonchev–Trinajstić information content (AvgIpc) is 4.13. The Hall–Kier alpha value is -5.49. The highest BCUT2D eigenvalue weighted by Crippen LogP contribution is 2.56. The Bertz CT molecular complexity index is 2940. The number of hydrogen-bond donors (Lipinski definition) is 4. The second-order valence-corrected chi connectivity index (χ2v) is 23.2. The first-order valence-corrected chi connectivity index (χ1v) is 27.1. The van der Waals surface area contributed by atoms with Crippen molar-refractivity contribution in [1.82, 2.24) is 39.0 Å². The number of alkyl halides is 1. The minimum Gasteiger partial charge on any atom is -0.408 e. The van der Waals surface area contributed by atoms with Crippen LogP contribution in [0.25, 0.3) is 22.3 Å². The maximum atomic E-state index is 16.6. The summed E-state index contributed by atoms with van der Waals surface area (Å²) < 4.78 is 75.0. The monoisotopic (exact) mass is 1040 g/mol. The van der Waals surface area contributed by atoms with Crippen molar-refractivity contribution in [3.63, 3.8) is 0 Å². The van der Waals surface area contributed by atoms with Crippen LogP contribution in [0.3, 0.4) is 0 Å². The number of aliphatic hydroxyl groups is 1. The Kier molecular flexibility index (Phi) is 15.9. The number of ether oxygens (including phenoxy) is 2. The van der Waals surface area contributed by atoms with E-state index < -0.39 is 98.2 Å². The van der Waals surface area contributed by atoms with E-state index in [0.29, 0.717) is 11.1 Å². The Morgan fingerprint density at radius 2 is 1.40 bits per heavy atom. The van der Waals surface area contributed by atoms with Crippen LogP contribution >= 0.6 is 15.0 Å². The number of nitrogens with one attached hydrogen (secondary N) is 2. The fourth-order valence-electron chi connectivity index (χ4n) is 7.41. The molecule has 0 saturated carbocycles. The summed E-state index contributed by atoms with van der Waals surface area (Å²) in [6.45, 7) is 2.28. The molecule has 2 amide bonds. The lowest BCUT2D eigenvalue weighted by molar-refractivity contribution is -0.0560. The number of halogens is 1. The van der Waals surface area contributed by atoms with Crippen molar-refractivity contribution in [2.24, 2.45) is 0 Å². The first kappa shape index (κ1) is 50.9. The smallest absolute Gasteiger partial charge is 0.408 e. The molecule has 4 N–H and O–H groups in total. The molecule has 8 rings (SSSR count). The molecule has 2 saturated heterocycles. The molecule has 10 atom stereocenters. The molecule has 2 aromatic carbocycles. The van der Waals surface area contributed by atoms with Gasteiger partial charge < -0.3 is 38.7 Å². The minimum absolute atomic E-state index is 0.0228. The summed E-state index contributed by atoms with van der Waals surface area (Å²) in [5.41, 5.74) is 1.21. The summed E-state index contributed by atoms with van der Waals surface area (Å²) in [6.07, 6.45) is -6.69. The zero-order valence-corrected chi connectivity index (χ0v) is 41.3. The number of imidazole rings is 2. The van der Waals surface area contributed by atoms with E-state index in [1.807, 2.05) is 33.4 Å². The quantitative estimate of drug-likeness (QED) is 0.0430. The molecule has 367 valence electrons. The van der Waals surface area contributed by atoms with E-state index >= 15 is 4.39 Å². The fraction of sp³-hybridized carbons (Fsp3) is 0.405. The normalized spacial score (nSPS) is 23.6. The summed E-state index contributed by atoms with van der Waals surface area (Å²) in [6, 6.07) is 18.8. The van der Waals surface area contributed by atoms with Gasteiger partial charge in [-0.15, -0.1) is 9.42 Å². The van der Waals surface area contributed by atoms with Gasteiger partial charge in [-0.25, -0.2) is 34.3 Å². The molecule has 28 heteroatoms. The van der Waals surface area contributed by atoms with E-state index in [0.717, 1.165) is 6.33 Å². The Labute approximate surface area is 406 Å². The molecule has 2 fully saturated rings. The number of nitrogens with zero attached hydrogens (tertiary/aromatic N) is 9. The predicted molar refractivity (Wildman–Crippen MR) is 251 cm³/mol. The molecule has 6 aromatic rings. The van der Waals surface area contributed by atoms with Gasteiger partial charge in [-0.05, 0) is 47.7 Å². The number of amides is 2. The van der Waals surface area contributed by atoms with Crippen LogP contribution in [0.1, 0.15) is 60.4 Å². The summed E-state index contributed by atoms with van der Waals surface area (Å²) in [5, 5.41) is 25.4. The first-order valence-electron chi connectivity index (χ1n) is 21.5. The van der Waals surface area contributed by atoms with Gasteiger partial charge in [0.25, 0.3) is 11.8 Å². The van der Waals surface area contributed by atoms with Crippen molar-refractivity contribution >= 4 is 81.6 Å². The third-order valence-electron chi connectivity index (χ3n) is 11.2. The molecule has 2 unspecified atom stereocenters. The van der Waals surface area contributed by atoms with E-state index in [-0.39, 0.29) is 52.0 Å². The van der Waals surface area contributed by atoms with Gasteiger partial charge in [0.05, 0.1) is 45.0 Å². The molecule has 2 aliphatic heterocycles. The molecular weight excluding hydrogens is 992 g/mol. The van der Waals surface area contributed by atoms with Crippen LogP contribution in [0.2, 0.25) is 11.6 Å². The predicted octanol–water partition coefficient (Wildman–Crippen LogP) is 5.69. The number of carbonyl (C=O) groups is 2. The van der Waals surface area contributed by atoms with Crippen molar-refractivity contribution in [2.45, 2.75) is 87.9 Å². The van der Waals surface area contributed by atoms with E-state index in [4.69, 9.17) is 43.8 Å². The molecule has 2 aliphatic rings. The molecule has 4 aromatic heterocycles. The molecule has 0 bridgehead atoms. The average molecular weight is 1040 g/mol. The second-order valence-electron chi connectivity index (χ2n) is 16.7. The van der Waals surface area contributed by atoms with Gasteiger partial charge >= 0.3 is 15.0 Å². The van der Waals surface area contributed by atoms with Gasteiger partial charge in [0.2, 0.25) is 9.04 Å². The van der Waals surface area contributed by atoms with Gasteiger partial charge in [-0.2, -0.15) is 5.26 Å². The first-order chi connectivity index (χ1) is 33.6. The highest BCUT2D eigenvalue weighted by molar-refractivity contribution is 8.07. The van der Waals surface area contributed by atoms with E-state index in [2.05, 4.69) is 40.5 Å². The topological polar surface area (TPSA) is 291 Å². The number of carbonyl (C=O) groups excluding carboxylic acids is 2. The van der Waals surface area contributed by atoms with E-state index in [1.54, 1.807) is 60.7 Å². The van der Waals surface area contributed by atoms with Crippen molar-refractivity contribution in [3.05, 3.63) is 97.1 Å². The number of benzene rings is 2. The number of rotatable bonds is 19. The van der Waals surface area contributed by atoms with Gasteiger partial charge in [-0.1, -0.05) is 57.2 Å². The number of anilines is 2. The summed E-state index contributed by atoms with van der Waals surface area (Å²) >= 11 is 6.01. The summed E-state index contributed by atoms with van der Waals surface area (Å²) in [7, 11) is -5.12. The maximum absolute atomic E-state index is 16.6. The highest BCUT2D eigenvalue weighted by Gasteiger charge is 2.54. The lowest BCUT2D eigenvalue weighted by Crippen LogP contribution is -2.43. The van der Waals surface area contributed by atoms with Crippen LogP contribution < -0.4 is 10.6 Å². The lowest BCUT2D eigenvalue weighted by atomic mass is 10.1. The molecule has 23 nitrogen and oxygen atoms in total. The van der Waals surface area contributed by atoms with Crippen LogP contribution in [0.5, 0.6) is 0 Å². The van der Waals surface area contributed by atoms with E-state index in [9.17, 15) is 29.4 Å².